The fraction of sp³-hybridized carbons (Fsp3) is 0.586. The molecule has 0 aromatic rings. The van der Waals surface area contributed by atoms with Gasteiger partial charge in [0.05, 0.1) is 13.2 Å². The number of rotatable bonds is 50. The highest BCUT2D eigenvalue weighted by molar-refractivity contribution is 6.14. The number of carbonyl (C=O) groups excluding carboxylic acids is 2. The van der Waals surface area contributed by atoms with Crippen LogP contribution in [-0.4, -0.2) is 25.2 Å². The van der Waals surface area contributed by atoms with Gasteiger partial charge in [-0.3, -0.25) is 0 Å². The lowest BCUT2D eigenvalue weighted by molar-refractivity contribution is -0.146. The summed E-state index contributed by atoms with van der Waals surface area (Å²) in [5.74, 6) is -1.30. The molecule has 4 nitrogen and oxygen atoms in total. The van der Waals surface area contributed by atoms with Crippen LogP contribution in [0.3, 0.4) is 0 Å². The van der Waals surface area contributed by atoms with Gasteiger partial charge in [0, 0.05) is 0 Å². The van der Waals surface area contributed by atoms with Gasteiger partial charge >= 0.3 is 11.9 Å². The monoisotopic (exact) mass is 1250 g/mol. The van der Waals surface area contributed by atoms with Crippen molar-refractivity contribution in [1.82, 2.24) is 0 Å². The largest absolute Gasteiger partial charge is 0.462 e. The third kappa shape index (κ3) is 53.7. The molecule has 0 aliphatic carbocycles. The third-order valence-electron chi connectivity index (χ3n) is 17.1. The average molecular weight is 1250 g/mol. The van der Waals surface area contributed by atoms with Crippen molar-refractivity contribution in [2.75, 3.05) is 13.2 Å². The zero-order valence-corrected chi connectivity index (χ0v) is 62.6. The fourth-order valence-corrected chi connectivity index (χ4v) is 10.6. The standard InChI is InChI=1S/C87H138O4/c1-20-90-86(88)85(87(89)91-21-2)68-67-84(19)66-36-65-83(18)64-35-63-82(17)62-34-61-81(16)60-33-59-80(15)58-32-57-79(14)56-31-55-78(13)54-30-53-77(12)52-29-51-76(11)50-28-49-75(10)48-27-47-74(9)46-26-45-73(8)44-25-43-72(7)42-24-41-71(6)40-23-39-70(5)38-22-37-69(3)4/h37,39,41,43,45,47,49,51,53,55,57,59,61,63,65,67-68H,20-36,38,40,42,44,46,48,50,52,54,56,58,60,62,64,66H2,1-19H3/b70-39+,71-41+,72-43-,73-45-,74-47-,75-49-,76-51-,77-53-,78-55-,79-57-,80-59-,81-61-,82-63-,83-65-,84-67-. The summed E-state index contributed by atoms with van der Waals surface area (Å²) in [4.78, 5) is 24.4. The molecule has 0 aromatic carbocycles. The van der Waals surface area contributed by atoms with E-state index in [1.807, 2.05) is 13.0 Å². The molecular formula is C87H138O4. The summed E-state index contributed by atoms with van der Waals surface area (Å²) in [6, 6.07) is 0. The molecule has 0 bridgehead atoms. The first-order valence-electron chi connectivity index (χ1n) is 36.0. The van der Waals surface area contributed by atoms with Crippen molar-refractivity contribution in [3.63, 3.8) is 0 Å². The Morgan fingerprint density at radius 3 is 0.495 bits per heavy atom. The summed E-state index contributed by atoms with van der Waals surface area (Å²) < 4.78 is 10.1. The molecule has 0 saturated heterocycles. The van der Waals surface area contributed by atoms with E-state index < -0.39 is 11.9 Å². The van der Waals surface area contributed by atoms with Crippen LogP contribution in [-0.2, 0) is 19.1 Å². The van der Waals surface area contributed by atoms with Crippen molar-refractivity contribution in [2.24, 2.45) is 0 Å². The summed E-state index contributed by atoms with van der Waals surface area (Å²) in [7, 11) is 0. The minimum Gasteiger partial charge on any atom is -0.462 e. The Morgan fingerprint density at radius 1 is 0.209 bits per heavy atom. The number of hydrogen-bond acceptors (Lipinski definition) is 4. The van der Waals surface area contributed by atoms with Crippen LogP contribution in [0.15, 0.2) is 198 Å². The molecule has 0 unspecified atom stereocenters. The van der Waals surface area contributed by atoms with Crippen LogP contribution < -0.4 is 0 Å². The number of esters is 2. The zero-order valence-electron chi connectivity index (χ0n) is 62.6. The van der Waals surface area contributed by atoms with Crippen LogP contribution in [0.2, 0.25) is 0 Å². The van der Waals surface area contributed by atoms with E-state index in [0.29, 0.717) is 0 Å². The number of carbonyl (C=O) groups is 2. The maximum atomic E-state index is 12.2. The van der Waals surface area contributed by atoms with Gasteiger partial charge in [0.25, 0.3) is 0 Å². The SMILES string of the molecule is CCOC(=O)C(=C/C=C(/C)CC/C=C(/C)CC/C=C(/C)CC/C=C(/C)CC/C=C(/C)CC/C=C(/C)CC/C=C(/C)CC/C=C(/C)CC/C=C(/C)CC/C=C(/C)CC/C=C(/C)CC/C=C(/C)CC/C=C(/C)CC/C=C(\C)CC/C=C(\C)CCC=C(C)C)C(=O)OCC. The maximum absolute atomic E-state index is 12.2. The van der Waals surface area contributed by atoms with Gasteiger partial charge in [-0.05, 0) is 330 Å². The lowest BCUT2D eigenvalue weighted by atomic mass is 10.0. The summed E-state index contributed by atoms with van der Waals surface area (Å²) >= 11 is 0. The van der Waals surface area contributed by atoms with E-state index in [1.54, 1.807) is 13.8 Å². The van der Waals surface area contributed by atoms with E-state index in [4.69, 9.17) is 9.47 Å². The smallest absolute Gasteiger partial charge is 0.345 e. The van der Waals surface area contributed by atoms with Crippen LogP contribution >= 0.6 is 0 Å². The number of allylic oxidation sites excluding steroid dienone is 33. The third-order valence-corrected chi connectivity index (χ3v) is 17.1. The van der Waals surface area contributed by atoms with Gasteiger partial charge in [0.15, 0.2) is 0 Å². The maximum Gasteiger partial charge on any atom is 0.345 e. The van der Waals surface area contributed by atoms with Crippen molar-refractivity contribution in [3.8, 4) is 0 Å². The van der Waals surface area contributed by atoms with E-state index in [-0.39, 0.29) is 18.8 Å². The van der Waals surface area contributed by atoms with Crippen LogP contribution in [0.4, 0.5) is 0 Å². The predicted octanol–water partition coefficient (Wildman–Crippen LogP) is 27.9. The average Bonchev–Trinajstić information content (AvgIpc) is 2.94. The van der Waals surface area contributed by atoms with Gasteiger partial charge in [-0.1, -0.05) is 186 Å². The Labute approximate surface area is 563 Å². The van der Waals surface area contributed by atoms with Crippen molar-refractivity contribution in [2.45, 2.75) is 324 Å². The Hall–Kier alpha value is -5.48. The first-order valence-corrected chi connectivity index (χ1v) is 36.0. The second kappa shape index (κ2) is 56.1. The molecule has 0 fully saturated rings. The Balaban J connectivity index is 4.42. The number of ether oxygens (including phenoxy) is 2. The van der Waals surface area contributed by atoms with Gasteiger partial charge in [-0.15, -0.1) is 0 Å². The van der Waals surface area contributed by atoms with Crippen LogP contribution in [0.25, 0.3) is 0 Å². The quantitative estimate of drug-likeness (QED) is 0.0152. The number of hydrogen-bond donors (Lipinski definition) is 0. The van der Waals surface area contributed by atoms with Crippen molar-refractivity contribution in [1.29, 1.82) is 0 Å². The molecule has 0 heterocycles. The van der Waals surface area contributed by atoms with Gasteiger partial charge in [0.1, 0.15) is 5.57 Å². The topological polar surface area (TPSA) is 52.6 Å². The molecule has 91 heavy (non-hydrogen) atoms. The molecule has 0 amide bonds. The van der Waals surface area contributed by atoms with Gasteiger partial charge in [0.2, 0.25) is 0 Å². The first-order chi connectivity index (χ1) is 43.4. The summed E-state index contributed by atoms with van der Waals surface area (Å²) in [6.07, 6.45) is 73.7. The molecule has 0 saturated carbocycles. The molecular weight excluding hydrogens is 1110 g/mol. The Bertz CT molecular complexity index is 2620. The van der Waals surface area contributed by atoms with Crippen LogP contribution in [0.1, 0.15) is 324 Å². The summed E-state index contributed by atoms with van der Waals surface area (Å²) in [6.45, 7) is 42.3. The molecule has 0 aliphatic rings. The van der Waals surface area contributed by atoms with Crippen molar-refractivity contribution in [3.05, 3.63) is 198 Å². The van der Waals surface area contributed by atoms with E-state index >= 15 is 0 Å². The normalized spacial score (nSPS) is 14.6. The fourth-order valence-electron chi connectivity index (χ4n) is 10.6. The molecule has 4 heteroatoms. The molecule has 0 rings (SSSR count). The second-order valence-electron chi connectivity index (χ2n) is 27.1. The zero-order chi connectivity index (χ0) is 68.0. The highest BCUT2D eigenvalue weighted by Gasteiger charge is 2.20. The molecule has 0 aliphatic heterocycles. The van der Waals surface area contributed by atoms with E-state index in [1.165, 1.54) is 128 Å². The van der Waals surface area contributed by atoms with E-state index in [0.717, 1.165) is 160 Å². The molecule has 0 aromatic heterocycles. The van der Waals surface area contributed by atoms with Crippen molar-refractivity contribution < 1.29 is 19.1 Å². The van der Waals surface area contributed by atoms with Gasteiger partial charge in [-0.25, -0.2) is 9.59 Å². The molecule has 0 radical (unpaired) electrons. The predicted molar refractivity (Wildman–Crippen MR) is 406 cm³/mol. The Morgan fingerprint density at radius 2 is 0.352 bits per heavy atom. The molecule has 0 N–H and O–H groups in total. The highest BCUT2D eigenvalue weighted by Crippen LogP contribution is 2.22. The lowest BCUT2D eigenvalue weighted by Crippen LogP contribution is -2.18. The van der Waals surface area contributed by atoms with Crippen LogP contribution in [0.5, 0.6) is 0 Å². The minimum atomic E-state index is -0.650. The van der Waals surface area contributed by atoms with E-state index in [9.17, 15) is 9.59 Å². The lowest BCUT2D eigenvalue weighted by Gasteiger charge is -2.06. The molecule has 0 spiro atoms. The molecule has 0 atom stereocenters. The minimum absolute atomic E-state index is 0.0696. The molecule has 510 valence electrons. The second-order valence-corrected chi connectivity index (χ2v) is 27.1. The summed E-state index contributed by atoms with van der Waals surface area (Å²) in [5.41, 5.74) is 23.5. The van der Waals surface area contributed by atoms with E-state index in [2.05, 4.69) is 202 Å². The van der Waals surface area contributed by atoms with Gasteiger partial charge < -0.3 is 9.47 Å². The highest BCUT2D eigenvalue weighted by atomic mass is 16.6. The summed E-state index contributed by atoms with van der Waals surface area (Å²) in [5, 5.41) is 0. The van der Waals surface area contributed by atoms with Gasteiger partial charge in [-0.2, -0.15) is 0 Å². The first kappa shape index (κ1) is 85.5. The Kier molecular flexibility index (Phi) is 52.7. The van der Waals surface area contributed by atoms with Crippen molar-refractivity contribution >= 4 is 11.9 Å². The van der Waals surface area contributed by atoms with Crippen LogP contribution in [0, 0.1) is 0 Å².